The van der Waals surface area contributed by atoms with E-state index in [0.717, 1.165) is 9.13 Å². The van der Waals surface area contributed by atoms with E-state index >= 15 is 0 Å². The molecule has 0 atom stereocenters. The first-order valence-electron chi connectivity index (χ1n) is 4.91. The standard InChI is InChI=1S/C11H8BrFIN3O/c12-9-4-16-10(15)11(17-9)18-5-6-3-7(13)1-2-8(6)14/h1-4H,5H2,(H2,15,16). The molecule has 18 heavy (non-hydrogen) atoms. The number of anilines is 1. The molecule has 4 nitrogen and oxygen atoms in total. The molecule has 2 aromatic rings. The SMILES string of the molecule is Nc1ncc(Br)nc1OCc1cc(F)ccc1I. The van der Waals surface area contributed by atoms with E-state index in [1.807, 2.05) is 0 Å². The second-order valence-corrected chi connectivity index (χ2v) is 5.38. The molecule has 0 aliphatic heterocycles. The Bertz CT molecular complexity index is 531. The van der Waals surface area contributed by atoms with Crippen molar-refractivity contribution in [1.82, 2.24) is 9.97 Å². The maximum Gasteiger partial charge on any atom is 0.258 e. The summed E-state index contributed by atoms with van der Waals surface area (Å²) < 4.78 is 20.0. The summed E-state index contributed by atoms with van der Waals surface area (Å²) in [5.74, 6) is 0.122. The molecule has 0 amide bonds. The minimum absolute atomic E-state index is 0.186. The Kier molecular flexibility index (Phi) is 4.33. The lowest BCUT2D eigenvalue weighted by Crippen LogP contribution is -2.04. The Labute approximate surface area is 125 Å². The van der Waals surface area contributed by atoms with Crippen LogP contribution in [0.25, 0.3) is 0 Å². The van der Waals surface area contributed by atoms with Crippen molar-refractivity contribution >= 4 is 44.3 Å². The van der Waals surface area contributed by atoms with Crippen molar-refractivity contribution in [3.05, 3.63) is 43.9 Å². The fourth-order valence-corrected chi connectivity index (χ4v) is 2.02. The lowest BCUT2D eigenvalue weighted by atomic mass is 10.2. The summed E-state index contributed by atoms with van der Waals surface area (Å²) in [6, 6.07) is 4.51. The van der Waals surface area contributed by atoms with Gasteiger partial charge in [-0.3, -0.25) is 0 Å². The number of aromatic nitrogens is 2. The van der Waals surface area contributed by atoms with Crippen LogP contribution >= 0.6 is 38.5 Å². The van der Waals surface area contributed by atoms with E-state index in [1.54, 1.807) is 6.07 Å². The number of benzene rings is 1. The molecule has 7 heteroatoms. The van der Waals surface area contributed by atoms with Gasteiger partial charge in [0, 0.05) is 9.13 Å². The average Bonchev–Trinajstić information content (AvgIpc) is 2.34. The maximum absolute atomic E-state index is 13.1. The zero-order valence-corrected chi connectivity index (χ0v) is 12.8. The van der Waals surface area contributed by atoms with Gasteiger partial charge < -0.3 is 10.5 Å². The van der Waals surface area contributed by atoms with Crippen molar-refractivity contribution in [3.8, 4) is 5.88 Å². The Balaban J connectivity index is 2.16. The van der Waals surface area contributed by atoms with E-state index in [2.05, 4.69) is 48.5 Å². The highest BCUT2D eigenvalue weighted by Gasteiger charge is 2.07. The van der Waals surface area contributed by atoms with Gasteiger partial charge in [-0.2, -0.15) is 0 Å². The Morgan fingerprint density at radius 1 is 1.44 bits per heavy atom. The van der Waals surface area contributed by atoms with Crippen LogP contribution in [0.3, 0.4) is 0 Å². The van der Waals surface area contributed by atoms with Gasteiger partial charge >= 0.3 is 0 Å². The van der Waals surface area contributed by atoms with E-state index < -0.39 is 0 Å². The van der Waals surface area contributed by atoms with Gasteiger partial charge in [0.15, 0.2) is 5.82 Å². The second-order valence-electron chi connectivity index (χ2n) is 3.41. The van der Waals surface area contributed by atoms with Gasteiger partial charge in [-0.05, 0) is 56.7 Å². The second kappa shape index (κ2) is 5.79. The molecule has 0 spiro atoms. The normalized spacial score (nSPS) is 10.4. The number of hydrogen-bond acceptors (Lipinski definition) is 4. The summed E-state index contributed by atoms with van der Waals surface area (Å²) in [5, 5.41) is 0. The minimum Gasteiger partial charge on any atom is -0.470 e. The van der Waals surface area contributed by atoms with E-state index in [1.165, 1.54) is 18.3 Å². The average molecular weight is 424 g/mol. The summed E-state index contributed by atoms with van der Waals surface area (Å²) >= 11 is 5.29. The molecule has 1 aromatic heterocycles. The van der Waals surface area contributed by atoms with E-state index in [0.29, 0.717) is 4.60 Å². The van der Waals surface area contributed by atoms with Crippen LogP contribution in [0.1, 0.15) is 5.56 Å². The summed E-state index contributed by atoms with van der Waals surface area (Å²) in [7, 11) is 0. The quantitative estimate of drug-likeness (QED) is 0.770. The molecule has 1 heterocycles. The fraction of sp³-hybridized carbons (Fsp3) is 0.0909. The minimum atomic E-state index is -0.303. The number of ether oxygens (including phenoxy) is 1. The lowest BCUT2D eigenvalue weighted by Gasteiger charge is -2.08. The van der Waals surface area contributed by atoms with Gasteiger partial charge in [0.05, 0.1) is 6.20 Å². The lowest BCUT2D eigenvalue weighted by molar-refractivity contribution is 0.292. The highest BCUT2D eigenvalue weighted by atomic mass is 127. The van der Waals surface area contributed by atoms with Crippen LogP contribution in [0.2, 0.25) is 0 Å². The predicted molar refractivity (Wildman–Crippen MR) is 77.6 cm³/mol. The van der Waals surface area contributed by atoms with E-state index in [-0.39, 0.29) is 24.1 Å². The molecule has 0 saturated carbocycles. The van der Waals surface area contributed by atoms with Gasteiger partial charge in [-0.25, -0.2) is 14.4 Å². The van der Waals surface area contributed by atoms with Crippen molar-refractivity contribution in [3.63, 3.8) is 0 Å². The first kappa shape index (κ1) is 13.5. The molecule has 2 rings (SSSR count). The highest BCUT2D eigenvalue weighted by Crippen LogP contribution is 2.21. The smallest absolute Gasteiger partial charge is 0.258 e. The number of hydrogen-bond donors (Lipinski definition) is 1. The monoisotopic (exact) mass is 423 g/mol. The van der Waals surface area contributed by atoms with Gasteiger partial charge in [0.1, 0.15) is 17.0 Å². The molecule has 0 aliphatic carbocycles. The zero-order valence-electron chi connectivity index (χ0n) is 9.03. The Morgan fingerprint density at radius 3 is 3.00 bits per heavy atom. The van der Waals surface area contributed by atoms with Crippen LogP contribution in [-0.2, 0) is 6.61 Å². The summed E-state index contributed by atoms with van der Waals surface area (Å²) in [5.41, 5.74) is 6.36. The Hall–Kier alpha value is -0.960. The molecule has 2 N–H and O–H groups in total. The molecule has 0 radical (unpaired) electrons. The fourth-order valence-electron chi connectivity index (χ4n) is 1.27. The van der Waals surface area contributed by atoms with Gasteiger partial charge in [-0.15, -0.1) is 0 Å². The third-order valence-corrected chi connectivity index (χ3v) is 3.54. The van der Waals surface area contributed by atoms with Gasteiger partial charge in [0.2, 0.25) is 0 Å². The number of nitrogens with two attached hydrogens (primary N) is 1. The van der Waals surface area contributed by atoms with Crippen molar-refractivity contribution in [2.24, 2.45) is 0 Å². The van der Waals surface area contributed by atoms with Crippen molar-refractivity contribution in [2.45, 2.75) is 6.61 Å². The third kappa shape index (κ3) is 3.29. The first-order valence-corrected chi connectivity index (χ1v) is 6.78. The highest BCUT2D eigenvalue weighted by molar-refractivity contribution is 14.1. The molecule has 94 valence electrons. The molecule has 0 saturated heterocycles. The van der Waals surface area contributed by atoms with Gasteiger partial charge in [-0.1, -0.05) is 0 Å². The summed E-state index contributed by atoms with van der Waals surface area (Å²) in [6.07, 6.45) is 1.48. The third-order valence-electron chi connectivity index (χ3n) is 2.11. The molecular weight excluding hydrogens is 416 g/mol. The zero-order chi connectivity index (χ0) is 13.1. The molecule has 0 aliphatic rings. The summed E-state index contributed by atoms with van der Waals surface area (Å²) in [4.78, 5) is 7.95. The van der Waals surface area contributed by atoms with Crippen molar-refractivity contribution in [2.75, 3.05) is 5.73 Å². The van der Waals surface area contributed by atoms with Crippen LogP contribution in [0, 0.1) is 9.39 Å². The summed E-state index contributed by atoms with van der Waals surface area (Å²) in [6.45, 7) is 0.186. The Morgan fingerprint density at radius 2 is 2.22 bits per heavy atom. The predicted octanol–water partition coefficient (Wildman–Crippen LogP) is 3.14. The van der Waals surface area contributed by atoms with Crippen LogP contribution in [0.5, 0.6) is 5.88 Å². The molecule has 0 fully saturated rings. The van der Waals surface area contributed by atoms with Crippen LogP contribution in [0.15, 0.2) is 29.0 Å². The van der Waals surface area contributed by atoms with Crippen LogP contribution in [0.4, 0.5) is 10.2 Å². The van der Waals surface area contributed by atoms with Crippen LogP contribution < -0.4 is 10.5 Å². The molecular formula is C11H8BrFIN3O. The van der Waals surface area contributed by atoms with E-state index in [4.69, 9.17) is 10.5 Å². The number of nitrogen functional groups attached to an aromatic ring is 1. The maximum atomic E-state index is 13.1. The molecule has 0 bridgehead atoms. The topological polar surface area (TPSA) is 61.0 Å². The molecule has 1 aromatic carbocycles. The van der Waals surface area contributed by atoms with E-state index in [9.17, 15) is 4.39 Å². The largest absolute Gasteiger partial charge is 0.470 e. The number of nitrogens with zero attached hydrogens (tertiary/aromatic N) is 2. The van der Waals surface area contributed by atoms with Crippen molar-refractivity contribution in [1.29, 1.82) is 0 Å². The van der Waals surface area contributed by atoms with Gasteiger partial charge in [0.25, 0.3) is 5.88 Å². The number of rotatable bonds is 3. The number of halogens is 3. The van der Waals surface area contributed by atoms with Crippen molar-refractivity contribution < 1.29 is 9.13 Å². The first-order chi connectivity index (χ1) is 8.56. The molecule has 0 unspecified atom stereocenters. The van der Waals surface area contributed by atoms with Crippen LogP contribution in [-0.4, -0.2) is 9.97 Å².